The van der Waals surface area contributed by atoms with Gasteiger partial charge in [-0.1, -0.05) is 39.7 Å². The smallest absolute Gasteiger partial charge is 0.159 e. The van der Waals surface area contributed by atoms with Crippen molar-refractivity contribution in [3.8, 4) is 11.3 Å². The Bertz CT molecular complexity index is 461. The first-order valence-electron chi connectivity index (χ1n) is 3.86. The maximum Gasteiger partial charge on any atom is 0.159 e. The van der Waals surface area contributed by atoms with Gasteiger partial charge in [-0.15, -0.1) is 10.2 Å². The van der Waals surface area contributed by atoms with Crippen molar-refractivity contribution in [1.82, 2.24) is 15.2 Å². The van der Waals surface area contributed by atoms with E-state index in [1.807, 2.05) is 24.3 Å². The summed E-state index contributed by atoms with van der Waals surface area (Å²) in [4.78, 5) is 3.86. The van der Waals surface area contributed by atoms with Crippen molar-refractivity contribution in [3.63, 3.8) is 0 Å². The Labute approximate surface area is 94.3 Å². The third-order valence-corrected chi connectivity index (χ3v) is 2.44. The van der Waals surface area contributed by atoms with Gasteiger partial charge in [-0.3, -0.25) is 0 Å². The van der Waals surface area contributed by atoms with Gasteiger partial charge in [0.1, 0.15) is 12.0 Å². The number of nitrogens with zero attached hydrogens (tertiary/aromatic N) is 3. The first-order valence-corrected chi connectivity index (χ1v) is 5.03. The molecule has 14 heavy (non-hydrogen) atoms. The summed E-state index contributed by atoms with van der Waals surface area (Å²) in [6.07, 6.45) is 1.32. The summed E-state index contributed by atoms with van der Waals surface area (Å²) in [6, 6.07) is 7.66. The number of halogens is 2. The van der Waals surface area contributed by atoms with E-state index in [1.54, 1.807) is 0 Å². The van der Waals surface area contributed by atoms with E-state index in [0.717, 1.165) is 10.0 Å². The van der Waals surface area contributed by atoms with Gasteiger partial charge < -0.3 is 0 Å². The summed E-state index contributed by atoms with van der Waals surface area (Å²) in [5.74, 6) is 0. The lowest BCUT2D eigenvalue weighted by Gasteiger charge is -2.00. The first kappa shape index (κ1) is 9.55. The van der Waals surface area contributed by atoms with Crippen molar-refractivity contribution >= 4 is 27.5 Å². The lowest BCUT2D eigenvalue weighted by Crippen LogP contribution is -1.90. The van der Waals surface area contributed by atoms with E-state index in [1.165, 1.54) is 6.33 Å². The molecule has 0 unspecified atom stereocenters. The Balaban J connectivity index is 2.55. The van der Waals surface area contributed by atoms with E-state index in [4.69, 9.17) is 11.6 Å². The quantitative estimate of drug-likeness (QED) is 0.800. The standard InChI is InChI=1S/C9H5BrClN3/c10-7-3-1-2-6(4-7)8-9(11)12-5-13-14-8/h1-5H. The fourth-order valence-corrected chi connectivity index (χ4v) is 1.66. The van der Waals surface area contributed by atoms with Crippen LogP contribution in [0.3, 0.4) is 0 Å². The summed E-state index contributed by atoms with van der Waals surface area (Å²) in [6.45, 7) is 0. The molecule has 0 aliphatic carbocycles. The summed E-state index contributed by atoms with van der Waals surface area (Å²) >= 11 is 9.25. The highest BCUT2D eigenvalue weighted by molar-refractivity contribution is 9.10. The van der Waals surface area contributed by atoms with Crippen LogP contribution < -0.4 is 0 Å². The van der Waals surface area contributed by atoms with Crippen molar-refractivity contribution in [1.29, 1.82) is 0 Å². The van der Waals surface area contributed by atoms with Gasteiger partial charge >= 0.3 is 0 Å². The zero-order chi connectivity index (χ0) is 9.97. The molecular formula is C9H5BrClN3. The monoisotopic (exact) mass is 269 g/mol. The number of hydrogen-bond acceptors (Lipinski definition) is 3. The molecule has 1 aromatic carbocycles. The maximum atomic E-state index is 5.88. The third-order valence-electron chi connectivity index (χ3n) is 1.67. The van der Waals surface area contributed by atoms with Gasteiger partial charge in [-0.2, -0.15) is 0 Å². The van der Waals surface area contributed by atoms with Gasteiger partial charge in [0.15, 0.2) is 5.15 Å². The van der Waals surface area contributed by atoms with Crippen LogP contribution in [0, 0.1) is 0 Å². The molecule has 0 bridgehead atoms. The van der Waals surface area contributed by atoms with Crippen molar-refractivity contribution in [3.05, 3.63) is 40.2 Å². The van der Waals surface area contributed by atoms with E-state index >= 15 is 0 Å². The fourth-order valence-electron chi connectivity index (χ4n) is 1.08. The second-order valence-corrected chi connectivity index (χ2v) is 3.88. The van der Waals surface area contributed by atoms with E-state index < -0.39 is 0 Å². The summed E-state index contributed by atoms with van der Waals surface area (Å²) < 4.78 is 0.969. The van der Waals surface area contributed by atoms with Crippen LogP contribution in [-0.4, -0.2) is 15.2 Å². The van der Waals surface area contributed by atoms with E-state index in [9.17, 15) is 0 Å². The predicted molar refractivity (Wildman–Crippen MR) is 58.0 cm³/mol. The average Bonchev–Trinajstić information content (AvgIpc) is 2.18. The molecule has 0 amide bonds. The minimum atomic E-state index is 0.359. The molecule has 2 rings (SSSR count). The molecule has 0 fully saturated rings. The molecule has 0 atom stereocenters. The van der Waals surface area contributed by atoms with Crippen LogP contribution >= 0.6 is 27.5 Å². The topological polar surface area (TPSA) is 38.7 Å². The van der Waals surface area contributed by atoms with Crippen LogP contribution in [0.1, 0.15) is 0 Å². The van der Waals surface area contributed by atoms with Crippen molar-refractivity contribution in [2.45, 2.75) is 0 Å². The molecule has 70 valence electrons. The molecule has 1 aromatic heterocycles. The summed E-state index contributed by atoms with van der Waals surface area (Å²) in [5.41, 5.74) is 1.49. The van der Waals surface area contributed by atoms with Crippen LogP contribution in [0.5, 0.6) is 0 Å². The highest BCUT2D eigenvalue weighted by atomic mass is 79.9. The SMILES string of the molecule is Clc1ncnnc1-c1cccc(Br)c1. The Morgan fingerprint density at radius 3 is 2.86 bits per heavy atom. The zero-order valence-corrected chi connectivity index (χ0v) is 9.33. The van der Waals surface area contributed by atoms with Crippen LogP contribution in [-0.2, 0) is 0 Å². The lowest BCUT2D eigenvalue weighted by molar-refractivity contribution is 0.977. The predicted octanol–water partition coefficient (Wildman–Crippen LogP) is 2.95. The fraction of sp³-hybridized carbons (Fsp3) is 0. The molecule has 0 aliphatic rings. The van der Waals surface area contributed by atoms with Crippen LogP contribution in [0.2, 0.25) is 5.15 Å². The molecule has 1 heterocycles. The van der Waals surface area contributed by atoms with E-state index in [0.29, 0.717) is 10.8 Å². The Hall–Kier alpha value is -1.00. The van der Waals surface area contributed by atoms with Gasteiger partial charge in [0.25, 0.3) is 0 Å². The largest absolute Gasteiger partial charge is 0.220 e. The molecule has 0 saturated carbocycles. The van der Waals surface area contributed by atoms with Crippen molar-refractivity contribution in [2.75, 3.05) is 0 Å². The van der Waals surface area contributed by atoms with Crippen LogP contribution in [0.4, 0.5) is 0 Å². The highest BCUT2D eigenvalue weighted by Gasteiger charge is 2.05. The van der Waals surface area contributed by atoms with Crippen LogP contribution in [0.15, 0.2) is 35.1 Å². The molecule has 0 spiro atoms. The second kappa shape index (κ2) is 4.02. The Morgan fingerprint density at radius 1 is 1.29 bits per heavy atom. The normalized spacial score (nSPS) is 10.1. The van der Waals surface area contributed by atoms with E-state index in [-0.39, 0.29) is 0 Å². The van der Waals surface area contributed by atoms with Gasteiger partial charge in [-0.25, -0.2) is 4.98 Å². The highest BCUT2D eigenvalue weighted by Crippen LogP contribution is 2.24. The minimum absolute atomic E-state index is 0.359. The van der Waals surface area contributed by atoms with Gasteiger partial charge in [0, 0.05) is 10.0 Å². The number of hydrogen-bond donors (Lipinski definition) is 0. The summed E-state index contributed by atoms with van der Waals surface area (Å²) in [7, 11) is 0. The zero-order valence-electron chi connectivity index (χ0n) is 6.98. The minimum Gasteiger partial charge on any atom is -0.220 e. The molecular weight excluding hydrogens is 265 g/mol. The third kappa shape index (κ3) is 1.91. The van der Waals surface area contributed by atoms with Crippen molar-refractivity contribution < 1.29 is 0 Å². The van der Waals surface area contributed by atoms with Crippen LogP contribution in [0.25, 0.3) is 11.3 Å². The number of rotatable bonds is 1. The molecule has 0 N–H and O–H groups in total. The lowest BCUT2D eigenvalue weighted by atomic mass is 10.2. The number of aromatic nitrogens is 3. The summed E-state index contributed by atoms with van der Waals surface area (Å²) in [5, 5.41) is 7.97. The first-order chi connectivity index (χ1) is 6.77. The second-order valence-electron chi connectivity index (χ2n) is 2.61. The molecule has 3 nitrogen and oxygen atoms in total. The van der Waals surface area contributed by atoms with Gasteiger partial charge in [-0.05, 0) is 12.1 Å². The van der Waals surface area contributed by atoms with Crippen molar-refractivity contribution in [2.24, 2.45) is 0 Å². The Kier molecular flexibility index (Phi) is 2.74. The molecule has 5 heteroatoms. The van der Waals surface area contributed by atoms with Gasteiger partial charge in [0.2, 0.25) is 0 Å². The van der Waals surface area contributed by atoms with Gasteiger partial charge in [0.05, 0.1) is 0 Å². The molecule has 0 aliphatic heterocycles. The average molecular weight is 271 g/mol. The Morgan fingerprint density at radius 2 is 2.14 bits per heavy atom. The van der Waals surface area contributed by atoms with E-state index in [2.05, 4.69) is 31.1 Å². The number of benzene rings is 1. The molecule has 0 saturated heterocycles. The molecule has 2 aromatic rings. The molecule has 0 radical (unpaired) electrons. The maximum absolute atomic E-state index is 5.88.